The first-order chi connectivity index (χ1) is 13.5. The van der Waals surface area contributed by atoms with Crippen molar-refractivity contribution in [1.82, 2.24) is 14.4 Å². The second-order valence-corrected chi connectivity index (χ2v) is 7.57. The number of hydrogen-bond donors (Lipinski definition) is 0. The van der Waals surface area contributed by atoms with E-state index in [4.69, 9.17) is 11.6 Å². The molecule has 148 valence electrons. The topological polar surface area (TPSA) is 28.5 Å². The quantitative estimate of drug-likeness (QED) is 0.561. The molecular formula is C23H28ClN3O. The molecule has 0 atom stereocenters. The van der Waals surface area contributed by atoms with E-state index >= 15 is 0 Å². The summed E-state index contributed by atoms with van der Waals surface area (Å²) in [6.07, 6.45) is 0. The number of halogens is 1. The van der Waals surface area contributed by atoms with Gasteiger partial charge in [-0.2, -0.15) is 0 Å². The third-order valence-electron chi connectivity index (χ3n) is 5.22. The zero-order valence-electron chi connectivity index (χ0n) is 17.1. The Morgan fingerprint density at radius 3 is 2.29 bits per heavy atom. The molecule has 0 radical (unpaired) electrons. The highest BCUT2D eigenvalue weighted by Gasteiger charge is 2.24. The number of aromatic nitrogens is 1. The van der Waals surface area contributed by atoms with Crippen molar-refractivity contribution in [3.63, 3.8) is 0 Å². The Hall–Kier alpha value is -2.30. The van der Waals surface area contributed by atoms with E-state index < -0.39 is 0 Å². The highest BCUT2D eigenvalue weighted by molar-refractivity contribution is 6.31. The Morgan fingerprint density at radius 2 is 1.68 bits per heavy atom. The predicted octanol–water partition coefficient (Wildman–Crippen LogP) is 5.01. The molecule has 2 aromatic carbocycles. The number of nitrogens with zero attached hydrogens (tertiary/aromatic N) is 3. The van der Waals surface area contributed by atoms with E-state index in [9.17, 15) is 4.79 Å². The highest BCUT2D eigenvalue weighted by Crippen LogP contribution is 2.36. The first-order valence-corrected chi connectivity index (χ1v) is 10.2. The molecule has 0 spiro atoms. The number of amides is 1. The summed E-state index contributed by atoms with van der Waals surface area (Å²) in [5, 5.41) is 2.64. The molecule has 0 aliphatic carbocycles. The van der Waals surface area contributed by atoms with Crippen LogP contribution in [0.1, 0.15) is 24.3 Å². The molecule has 3 aromatic rings. The van der Waals surface area contributed by atoms with Gasteiger partial charge < -0.3 is 14.4 Å². The normalized spacial score (nSPS) is 11.4. The van der Waals surface area contributed by atoms with Gasteiger partial charge in [-0.05, 0) is 30.8 Å². The molecule has 4 nitrogen and oxygen atoms in total. The van der Waals surface area contributed by atoms with Crippen LogP contribution >= 0.6 is 11.6 Å². The first-order valence-electron chi connectivity index (χ1n) is 9.79. The summed E-state index contributed by atoms with van der Waals surface area (Å²) in [6, 6.07) is 16.0. The molecule has 0 saturated carbocycles. The lowest BCUT2D eigenvalue weighted by Gasteiger charge is -2.21. The summed E-state index contributed by atoms with van der Waals surface area (Å²) >= 11 is 6.34. The molecule has 0 bridgehead atoms. The van der Waals surface area contributed by atoms with Crippen molar-refractivity contribution in [3.8, 4) is 11.3 Å². The van der Waals surface area contributed by atoms with Crippen molar-refractivity contribution in [2.24, 2.45) is 0 Å². The Kier molecular flexibility index (Phi) is 6.42. The SMILES string of the molecule is CCN(CC)CCn1c(C(=O)N(C)C)c2ccc(Cl)cc2c1-c1ccccc1. The number of likely N-dealkylation sites (N-methyl/N-ethyl adjacent to an activating group) is 1. The first kappa shape index (κ1) is 20.4. The van der Waals surface area contributed by atoms with E-state index in [1.807, 2.05) is 36.4 Å². The summed E-state index contributed by atoms with van der Waals surface area (Å²) in [7, 11) is 3.60. The number of rotatable bonds is 7. The smallest absolute Gasteiger partial charge is 0.270 e. The average Bonchev–Trinajstić information content (AvgIpc) is 3.01. The summed E-state index contributed by atoms with van der Waals surface area (Å²) in [4.78, 5) is 17.2. The van der Waals surface area contributed by atoms with Gasteiger partial charge in [0.15, 0.2) is 0 Å². The number of fused-ring (bicyclic) bond motifs is 1. The lowest BCUT2D eigenvalue weighted by molar-refractivity contribution is 0.0818. The van der Waals surface area contributed by atoms with E-state index in [0.29, 0.717) is 5.02 Å². The summed E-state index contributed by atoms with van der Waals surface area (Å²) < 4.78 is 2.18. The van der Waals surface area contributed by atoms with Crippen LogP contribution in [0.5, 0.6) is 0 Å². The molecule has 5 heteroatoms. The Bertz CT molecular complexity index is 959. The molecule has 0 aliphatic heterocycles. The minimum atomic E-state index is 0.00838. The van der Waals surface area contributed by atoms with Crippen LogP contribution in [0.2, 0.25) is 5.02 Å². The fourth-order valence-electron chi connectivity index (χ4n) is 3.68. The fourth-order valence-corrected chi connectivity index (χ4v) is 3.85. The van der Waals surface area contributed by atoms with E-state index in [2.05, 4.69) is 35.4 Å². The minimum absolute atomic E-state index is 0.00838. The van der Waals surface area contributed by atoms with Crippen LogP contribution in [0.4, 0.5) is 0 Å². The van der Waals surface area contributed by atoms with Crippen molar-refractivity contribution in [2.45, 2.75) is 20.4 Å². The van der Waals surface area contributed by atoms with Crippen molar-refractivity contribution in [3.05, 3.63) is 59.2 Å². The molecule has 1 amide bonds. The molecule has 0 unspecified atom stereocenters. The summed E-state index contributed by atoms with van der Waals surface area (Å²) in [6.45, 7) is 7.93. The number of carbonyl (C=O) groups excluding carboxylic acids is 1. The average molecular weight is 398 g/mol. The third kappa shape index (κ3) is 3.94. The van der Waals surface area contributed by atoms with Gasteiger partial charge in [-0.3, -0.25) is 4.79 Å². The molecule has 0 N–H and O–H groups in total. The van der Waals surface area contributed by atoms with Crippen LogP contribution in [0.15, 0.2) is 48.5 Å². The monoisotopic (exact) mass is 397 g/mol. The molecular weight excluding hydrogens is 370 g/mol. The minimum Gasteiger partial charge on any atom is -0.343 e. The van der Waals surface area contributed by atoms with E-state index in [0.717, 1.165) is 53.9 Å². The van der Waals surface area contributed by atoms with Crippen LogP contribution in [-0.2, 0) is 6.54 Å². The molecule has 0 fully saturated rings. The van der Waals surface area contributed by atoms with Crippen molar-refractivity contribution in [1.29, 1.82) is 0 Å². The lowest BCUT2D eigenvalue weighted by Crippen LogP contribution is -2.30. The Labute approximate surface area is 172 Å². The molecule has 1 aromatic heterocycles. The lowest BCUT2D eigenvalue weighted by atomic mass is 10.1. The molecule has 3 rings (SSSR count). The van der Waals surface area contributed by atoms with E-state index in [1.54, 1.807) is 19.0 Å². The van der Waals surface area contributed by atoms with E-state index in [-0.39, 0.29) is 5.91 Å². The second-order valence-electron chi connectivity index (χ2n) is 7.13. The summed E-state index contributed by atoms with van der Waals surface area (Å²) in [5.74, 6) is 0.00838. The fraction of sp³-hybridized carbons (Fsp3) is 0.348. The van der Waals surface area contributed by atoms with Gasteiger partial charge >= 0.3 is 0 Å². The van der Waals surface area contributed by atoms with Gasteiger partial charge in [0.05, 0.1) is 5.69 Å². The van der Waals surface area contributed by atoms with Crippen molar-refractivity contribution in [2.75, 3.05) is 33.7 Å². The van der Waals surface area contributed by atoms with Gasteiger partial charge in [-0.25, -0.2) is 0 Å². The molecule has 0 aliphatic rings. The largest absolute Gasteiger partial charge is 0.343 e. The van der Waals surface area contributed by atoms with Crippen LogP contribution in [0.25, 0.3) is 22.0 Å². The summed E-state index contributed by atoms with van der Waals surface area (Å²) in [5.41, 5.74) is 2.87. The second kappa shape index (κ2) is 8.80. The maximum atomic E-state index is 13.2. The van der Waals surface area contributed by atoms with Gasteiger partial charge in [0.25, 0.3) is 5.91 Å². The third-order valence-corrected chi connectivity index (χ3v) is 5.46. The number of hydrogen-bond acceptors (Lipinski definition) is 2. The zero-order valence-corrected chi connectivity index (χ0v) is 17.8. The van der Waals surface area contributed by atoms with Crippen LogP contribution in [0.3, 0.4) is 0 Å². The van der Waals surface area contributed by atoms with Gasteiger partial charge in [0.1, 0.15) is 5.69 Å². The molecule has 1 heterocycles. The molecule has 28 heavy (non-hydrogen) atoms. The van der Waals surface area contributed by atoms with E-state index in [1.165, 1.54) is 0 Å². The maximum absolute atomic E-state index is 13.2. The van der Waals surface area contributed by atoms with Crippen LogP contribution in [-0.4, -0.2) is 54.0 Å². The van der Waals surface area contributed by atoms with Crippen molar-refractivity contribution < 1.29 is 4.79 Å². The highest BCUT2D eigenvalue weighted by atomic mass is 35.5. The van der Waals surface area contributed by atoms with Gasteiger partial charge in [-0.1, -0.05) is 61.8 Å². The molecule has 0 saturated heterocycles. The van der Waals surface area contributed by atoms with Crippen LogP contribution in [0, 0.1) is 0 Å². The standard InChI is InChI=1S/C23H28ClN3O/c1-5-26(6-2)14-15-27-21(17-10-8-7-9-11-17)20-16-18(24)12-13-19(20)22(27)23(28)25(3)4/h7-13,16H,5-6,14-15H2,1-4H3. The maximum Gasteiger partial charge on any atom is 0.270 e. The van der Waals surface area contributed by atoms with Gasteiger partial charge in [0.2, 0.25) is 0 Å². The number of benzene rings is 2. The number of carbonyl (C=O) groups is 1. The Balaban J connectivity index is 2.28. The Morgan fingerprint density at radius 1 is 1.00 bits per heavy atom. The van der Waals surface area contributed by atoms with Crippen molar-refractivity contribution >= 4 is 28.3 Å². The zero-order chi connectivity index (χ0) is 20.3. The van der Waals surface area contributed by atoms with Gasteiger partial charge in [-0.15, -0.1) is 0 Å². The van der Waals surface area contributed by atoms with Crippen LogP contribution < -0.4 is 0 Å². The van der Waals surface area contributed by atoms with Gasteiger partial charge in [0, 0.05) is 43.0 Å². The predicted molar refractivity (Wildman–Crippen MR) is 118 cm³/mol.